The number of hydrogen-bond donors (Lipinski definition) is 1. The number of nitrogens with zero attached hydrogens (tertiary/aromatic N) is 5. The van der Waals surface area contributed by atoms with Crippen molar-refractivity contribution >= 4 is 0 Å². The molecule has 4 rings (SSSR count). The van der Waals surface area contributed by atoms with Gasteiger partial charge in [0, 0.05) is 16.8 Å². The van der Waals surface area contributed by atoms with Crippen molar-refractivity contribution in [1.82, 2.24) is 29.8 Å². The summed E-state index contributed by atoms with van der Waals surface area (Å²) in [7, 11) is 0. The normalized spacial score (nSPS) is 12.0. The van der Waals surface area contributed by atoms with Gasteiger partial charge in [-0.15, -0.1) is 5.10 Å². The third-order valence-corrected chi connectivity index (χ3v) is 6.06. The van der Waals surface area contributed by atoms with E-state index in [1.807, 2.05) is 55.5 Å². The van der Waals surface area contributed by atoms with E-state index >= 15 is 0 Å². The lowest BCUT2D eigenvalue weighted by atomic mass is 9.98. The van der Waals surface area contributed by atoms with E-state index in [0.717, 1.165) is 35.1 Å². The summed E-state index contributed by atoms with van der Waals surface area (Å²) >= 11 is 0. The second-order valence-corrected chi connectivity index (χ2v) is 9.60. The van der Waals surface area contributed by atoms with Crippen molar-refractivity contribution in [2.24, 2.45) is 0 Å². The van der Waals surface area contributed by atoms with Crippen molar-refractivity contribution in [1.29, 1.82) is 0 Å². The number of H-pyrrole nitrogens is 1. The first-order valence-corrected chi connectivity index (χ1v) is 11.8. The summed E-state index contributed by atoms with van der Waals surface area (Å²) in [5.74, 6) is 0.569. The highest BCUT2D eigenvalue weighted by Gasteiger charge is 2.31. The van der Waals surface area contributed by atoms with Gasteiger partial charge in [-0.25, -0.2) is 18.7 Å². The molecule has 2 aromatic carbocycles. The molecule has 0 amide bonds. The molecule has 0 aliphatic heterocycles. The molecule has 35 heavy (non-hydrogen) atoms. The van der Waals surface area contributed by atoms with Gasteiger partial charge in [-0.05, 0) is 60.7 Å². The lowest BCUT2D eigenvalue weighted by Gasteiger charge is -2.22. The van der Waals surface area contributed by atoms with E-state index in [1.165, 1.54) is 9.13 Å². The molecule has 1 N–H and O–H groups in total. The van der Waals surface area contributed by atoms with E-state index in [4.69, 9.17) is 0 Å². The molecule has 2 heterocycles. The predicted octanol–water partition coefficient (Wildman–Crippen LogP) is 5.58. The van der Waals surface area contributed by atoms with Gasteiger partial charge in [-0.2, -0.15) is 0 Å². The van der Waals surface area contributed by atoms with E-state index in [-0.39, 0.29) is 12.2 Å². The van der Waals surface area contributed by atoms with Gasteiger partial charge < -0.3 is 0 Å². The van der Waals surface area contributed by atoms with E-state index in [9.17, 15) is 13.6 Å². The van der Waals surface area contributed by atoms with Crippen LogP contribution < -0.4 is 5.69 Å². The van der Waals surface area contributed by atoms with Crippen LogP contribution in [0.4, 0.5) is 8.78 Å². The van der Waals surface area contributed by atoms with E-state index in [0.29, 0.717) is 17.9 Å². The summed E-state index contributed by atoms with van der Waals surface area (Å²) in [6.45, 7) is 7.59. The Morgan fingerprint density at radius 2 is 1.71 bits per heavy atom. The fourth-order valence-electron chi connectivity index (χ4n) is 4.44. The average Bonchev–Trinajstić information content (AvgIpc) is 3.45. The third-order valence-electron chi connectivity index (χ3n) is 6.06. The molecule has 0 bridgehead atoms. The Balaban J connectivity index is 1.73. The first-order valence-electron chi connectivity index (χ1n) is 11.8. The third kappa shape index (κ3) is 4.94. The molecule has 4 aromatic rings. The molecule has 0 aliphatic rings. The van der Waals surface area contributed by atoms with Gasteiger partial charge in [-0.1, -0.05) is 61.9 Å². The van der Waals surface area contributed by atoms with Crippen molar-refractivity contribution in [2.75, 3.05) is 0 Å². The van der Waals surface area contributed by atoms with Crippen LogP contribution in [0.15, 0.2) is 53.3 Å². The molecular formula is C26H30F2N6O. The Hall–Kier alpha value is -3.62. The highest BCUT2D eigenvalue weighted by molar-refractivity contribution is 5.80. The fourth-order valence-corrected chi connectivity index (χ4v) is 4.44. The molecule has 0 aliphatic carbocycles. The minimum absolute atomic E-state index is 0.165. The van der Waals surface area contributed by atoms with Crippen molar-refractivity contribution in [3.63, 3.8) is 0 Å². The SMILES string of the molecule is CCCCc1c(C(F)F)n(C(C)(C)C)c(=O)n1Cc1ccc(-c2ccccc2-c2nnn[nH]2)cc1. The Kier molecular flexibility index (Phi) is 6.95. The van der Waals surface area contributed by atoms with E-state index in [1.54, 1.807) is 20.8 Å². The van der Waals surface area contributed by atoms with Crippen molar-refractivity contribution < 1.29 is 8.78 Å². The van der Waals surface area contributed by atoms with Gasteiger partial charge in [0.2, 0.25) is 0 Å². The zero-order valence-corrected chi connectivity index (χ0v) is 20.4. The maximum absolute atomic E-state index is 14.2. The maximum Gasteiger partial charge on any atom is 0.329 e. The lowest BCUT2D eigenvalue weighted by Crippen LogP contribution is -2.36. The van der Waals surface area contributed by atoms with Crippen LogP contribution in [-0.2, 0) is 18.5 Å². The summed E-state index contributed by atoms with van der Waals surface area (Å²) in [6.07, 6.45) is -0.698. The van der Waals surface area contributed by atoms with Crippen molar-refractivity contribution in [3.05, 3.63) is 76.0 Å². The summed E-state index contributed by atoms with van der Waals surface area (Å²) in [6, 6.07) is 15.6. The van der Waals surface area contributed by atoms with Crippen LogP contribution >= 0.6 is 0 Å². The number of aromatic amines is 1. The van der Waals surface area contributed by atoms with Crippen LogP contribution in [0.1, 0.15) is 63.9 Å². The number of imidazole rings is 1. The summed E-state index contributed by atoms with van der Waals surface area (Å²) in [5.41, 5.74) is 2.75. The number of unbranched alkanes of at least 4 members (excludes halogenated alkanes) is 1. The Bertz CT molecular complexity index is 1330. The van der Waals surface area contributed by atoms with Crippen LogP contribution in [0, 0.1) is 0 Å². The number of benzene rings is 2. The molecule has 0 unspecified atom stereocenters. The monoisotopic (exact) mass is 480 g/mol. The summed E-state index contributed by atoms with van der Waals surface area (Å²) < 4.78 is 31.1. The first kappa shape index (κ1) is 24.5. The maximum atomic E-state index is 14.2. The first-order chi connectivity index (χ1) is 16.7. The van der Waals surface area contributed by atoms with E-state index < -0.39 is 17.7 Å². The molecule has 184 valence electrons. The molecule has 0 saturated heterocycles. The predicted molar refractivity (Wildman–Crippen MR) is 131 cm³/mol. The van der Waals surface area contributed by atoms with Gasteiger partial charge in [0.05, 0.1) is 6.54 Å². The number of nitrogens with one attached hydrogen (secondary N) is 1. The standard InChI is InChI=1S/C26H30F2N6O/c1-5-6-11-21-22(23(27)28)34(26(2,3)4)25(35)33(21)16-17-12-14-18(15-13-17)19-9-7-8-10-20(19)24-29-31-32-30-24/h7-10,12-15,23H,5-6,11,16H2,1-4H3,(H,29,30,31,32). The quantitative estimate of drug-likeness (QED) is 0.357. The van der Waals surface area contributed by atoms with Crippen LogP contribution in [0.5, 0.6) is 0 Å². The van der Waals surface area contributed by atoms with Crippen LogP contribution in [-0.4, -0.2) is 29.8 Å². The number of rotatable bonds is 8. The Labute approximate surface area is 202 Å². The van der Waals surface area contributed by atoms with Gasteiger partial charge in [0.25, 0.3) is 6.43 Å². The molecule has 0 fully saturated rings. The lowest BCUT2D eigenvalue weighted by molar-refractivity contribution is 0.132. The largest absolute Gasteiger partial charge is 0.329 e. The average molecular weight is 481 g/mol. The summed E-state index contributed by atoms with van der Waals surface area (Å²) in [4.78, 5) is 13.4. The zero-order valence-electron chi connectivity index (χ0n) is 20.4. The topological polar surface area (TPSA) is 81.4 Å². The van der Waals surface area contributed by atoms with Crippen LogP contribution in [0.25, 0.3) is 22.5 Å². The fraction of sp³-hybridized carbons (Fsp3) is 0.385. The number of halogens is 2. The van der Waals surface area contributed by atoms with Crippen molar-refractivity contribution in [2.45, 2.75) is 65.5 Å². The Morgan fingerprint density at radius 3 is 2.29 bits per heavy atom. The number of tetrazole rings is 1. The van der Waals surface area contributed by atoms with Gasteiger partial charge in [0.1, 0.15) is 5.69 Å². The molecular weight excluding hydrogens is 450 g/mol. The minimum atomic E-state index is -2.72. The summed E-state index contributed by atoms with van der Waals surface area (Å²) in [5, 5.41) is 14.1. The highest BCUT2D eigenvalue weighted by atomic mass is 19.3. The second-order valence-electron chi connectivity index (χ2n) is 9.60. The minimum Gasteiger partial charge on any atom is -0.291 e. The molecule has 0 saturated carbocycles. The second kappa shape index (κ2) is 9.93. The van der Waals surface area contributed by atoms with Gasteiger partial charge in [-0.3, -0.25) is 9.13 Å². The van der Waals surface area contributed by atoms with Crippen LogP contribution in [0.2, 0.25) is 0 Å². The number of alkyl halides is 2. The van der Waals surface area contributed by atoms with Crippen molar-refractivity contribution in [3.8, 4) is 22.5 Å². The molecule has 7 nitrogen and oxygen atoms in total. The molecule has 0 radical (unpaired) electrons. The molecule has 2 aromatic heterocycles. The van der Waals surface area contributed by atoms with E-state index in [2.05, 4.69) is 20.6 Å². The van der Waals surface area contributed by atoms with Gasteiger partial charge in [0.15, 0.2) is 5.82 Å². The Morgan fingerprint density at radius 1 is 1.03 bits per heavy atom. The molecule has 9 heteroatoms. The number of hydrogen-bond acceptors (Lipinski definition) is 4. The molecule has 0 atom stereocenters. The van der Waals surface area contributed by atoms with Crippen LogP contribution in [0.3, 0.4) is 0 Å². The highest BCUT2D eigenvalue weighted by Crippen LogP contribution is 2.31. The zero-order chi connectivity index (χ0) is 25.2. The van der Waals surface area contributed by atoms with Gasteiger partial charge >= 0.3 is 5.69 Å². The smallest absolute Gasteiger partial charge is 0.291 e. The molecule has 0 spiro atoms. The number of aromatic nitrogens is 6.